The van der Waals surface area contributed by atoms with E-state index in [4.69, 9.17) is 4.74 Å². The van der Waals surface area contributed by atoms with Crippen LogP contribution in [0.15, 0.2) is 4.99 Å². The molecule has 2 amide bonds. The van der Waals surface area contributed by atoms with Crippen LogP contribution in [0.5, 0.6) is 0 Å². The zero-order valence-corrected chi connectivity index (χ0v) is 22.3. The monoisotopic (exact) mass is 539 g/mol. The third kappa shape index (κ3) is 11.2. The quantitative estimate of drug-likeness (QED) is 0.319. The molecule has 2 N–H and O–H groups in total. The summed E-state index contributed by atoms with van der Waals surface area (Å²) >= 11 is 0. The third-order valence-electron chi connectivity index (χ3n) is 4.56. The molecule has 176 valence electrons. The molecule has 0 aromatic heterocycles. The van der Waals surface area contributed by atoms with E-state index in [1.807, 2.05) is 48.5 Å². The first-order valence-electron chi connectivity index (χ1n) is 10.6. The van der Waals surface area contributed by atoms with Gasteiger partial charge in [-0.05, 0) is 67.2 Å². The molecule has 1 aliphatic rings. The normalized spacial score (nSPS) is 15.9. The van der Waals surface area contributed by atoms with Gasteiger partial charge in [-0.15, -0.1) is 24.0 Å². The lowest BCUT2D eigenvalue weighted by molar-refractivity contribution is -0.121. The minimum atomic E-state index is -0.481. The second-order valence-corrected chi connectivity index (χ2v) is 9.65. The van der Waals surface area contributed by atoms with Gasteiger partial charge in [-0.2, -0.15) is 0 Å². The molecule has 0 unspecified atom stereocenters. The minimum absolute atomic E-state index is 0. The summed E-state index contributed by atoms with van der Waals surface area (Å²) in [6, 6.07) is 0. The van der Waals surface area contributed by atoms with Crippen LogP contribution in [-0.2, 0) is 9.53 Å². The predicted molar refractivity (Wildman–Crippen MR) is 132 cm³/mol. The number of aliphatic imine (C=N–C) groups is 1. The van der Waals surface area contributed by atoms with Crippen molar-refractivity contribution in [3.05, 3.63) is 0 Å². The van der Waals surface area contributed by atoms with Crippen molar-refractivity contribution in [1.29, 1.82) is 0 Å². The van der Waals surface area contributed by atoms with Crippen LogP contribution in [0, 0.1) is 5.92 Å². The average molecular weight is 540 g/mol. The highest BCUT2D eigenvalue weighted by molar-refractivity contribution is 14.0. The van der Waals surface area contributed by atoms with Crippen molar-refractivity contribution in [3.8, 4) is 0 Å². The average Bonchev–Trinajstić information content (AvgIpc) is 2.58. The van der Waals surface area contributed by atoms with E-state index in [2.05, 4.69) is 20.5 Å². The van der Waals surface area contributed by atoms with E-state index in [1.54, 1.807) is 11.9 Å². The minimum Gasteiger partial charge on any atom is -0.444 e. The number of halogens is 1. The van der Waals surface area contributed by atoms with Gasteiger partial charge in [-0.3, -0.25) is 9.79 Å². The molecular formula is C21H42IN5O3. The maximum Gasteiger partial charge on any atom is 0.410 e. The van der Waals surface area contributed by atoms with Gasteiger partial charge in [0.1, 0.15) is 5.60 Å². The van der Waals surface area contributed by atoms with Crippen molar-refractivity contribution >= 4 is 41.9 Å². The summed E-state index contributed by atoms with van der Waals surface area (Å²) in [5.74, 6) is 1.12. The lowest BCUT2D eigenvalue weighted by Gasteiger charge is -2.36. The number of carbonyl (C=O) groups excluding carboxylic acids is 2. The van der Waals surface area contributed by atoms with Crippen molar-refractivity contribution in [2.45, 2.75) is 72.4 Å². The molecule has 1 heterocycles. The van der Waals surface area contributed by atoms with E-state index < -0.39 is 5.60 Å². The van der Waals surface area contributed by atoms with Crippen molar-refractivity contribution < 1.29 is 14.3 Å². The Labute approximate surface area is 199 Å². The molecule has 8 nitrogen and oxygen atoms in total. The maximum atomic E-state index is 12.4. The van der Waals surface area contributed by atoms with Crippen LogP contribution in [0.2, 0.25) is 0 Å². The van der Waals surface area contributed by atoms with Crippen LogP contribution in [0.1, 0.15) is 61.3 Å². The molecule has 1 saturated heterocycles. The van der Waals surface area contributed by atoms with Gasteiger partial charge < -0.3 is 25.2 Å². The molecule has 1 rings (SSSR count). The Morgan fingerprint density at radius 2 is 1.70 bits per heavy atom. The molecule has 1 fully saturated rings. The third-order valence-corrected chi connectivity index (χ3v) is 4.56. The SMILES string of the molecule is CCN(CC1CCN(C(=NC)NCC(=O)NC(C)(C)C)CC1)C(=O)OC(C)(C)C.I. The molecule has 0 aromatic rings. The largest absolute Gasteiger partial charge is 0.444 e. The maximum absolute atomic E-state index is 12.4. The molecule has 0 radical (unpaired) electrons. The summed E-state index contributed by atoms with van der Waals surface area (Å²) in [5.41, 5.74) is -0.731. The number of piperidine rings is 1. The van der Waals surface area contributed by atoms with E-state index >= 15 is 0 Å². The molecule has 0 atom stereocenters. The van der Waals surface area contributed by atoms with E-state index in [-0.39, 0.29) is 48.1 Å². The summed E-state index contributed by atoms with van der Waals surface area (Å²) in [6.07, 6.45) is 1.69. The summed E-state index contributed by atoms with van der Waals surface area (Å²) in [5, 5.41) is 6.09. The van der Waals surface area contributed by atoms with Crippen LogP contribution in [0.3, 0.4) is 0 Å². The summed E-state index contributed by atoms with van der Waals surface area (Å²) in [7, 11) is 1.73. The molecule has 9 heteroatoms. The number of hydrogen-bond donors (Lipinski definition) is 2. The Balaban J connectivity index is 0.00000841. The molecule has 0 saturated carbocycles. The Morgan fingerprint density at radius 3 is 2.13 bits per heavy atom. The van der Waals surface area contributed by atoms with Gasteiger partial charge in [0, 0.05) is 38.8 Å². The van der Waals surface area contributed by atoms with Gasteiger partial charge in [0.2, 0.25) is 5.91 Å². The number of ether oxygens (including phenoxy) is 1. The highest BCUT2D eigenvalue weighted by Gasteiger charge is 2.27. The molecule has 1 aliphatic heterocycles. The summed E-state index contributed by atoms with van der Waals surface area (Å²) in [4.78, 5) is 32.7. The fourth-order valence-electron chi connectivity index (χ4n) is 3.25. The lowest BCUT2D eigenvalue weighted by atomic mass is 9.96. The topological polar surface area (TPSA) is 86.3 Å². The first-order valence-corrected chi connectivity index (χ1v) is 10.6. The van der Waals surface area contributed by atoms with Gasteiger partial charge in [0.25, 0.3) is 0 Å². The number of amides is 2. The fraction of sp³-hybridized carbons (Fsp3) is 0.857. The molecule has 0 aromatic carbocycles. The van der Waals surface area contributed by atoms with E-state index in [9.17, 15) is 9.59 Å². The fourth-order valence-corrected chi connectivity index (χ4v) is 3.25. The number of nitrogens with one attached hydrogen (secondary N) is 2. The Bertz CT molecular complexity index is 576. The highest BCUT2D eigenvalue weighted by Crippen LogP contribution is 2.20. The number of carbonyl (C=O) groups is 2. The number of hydrogen-bond acceptors (Lipinski definition) is 4. The van der Waals surface area contributed by atoms with Crippen molar-refractivity contribution in [2.75, 3.05) is 39.8 Å². The van der Waals surface area contributed by atoms with Gasteiger partial charge in [-0.1, -0.05) is 0 Å². The Morgan fingerprint density at radius 1 is 1.13 bits per heavy atom. The van der Waals surface area contributed by atoms with Gasteiger partial charge in [0.15, 0.2) is 5.96 Å². The summed E-state index contributed by atoms with van der Waals surface area (Å²) in [6.45, 7) is 16.8. The molecular weight excluding hydrogens is 497 g/mol. The second kappa shape index (κ2) is 12.6. The van der Waals surface area contributed by atoms with E-state index in [0.29, 0.717) is 19.0 Å². The van der Waals surface area contributed by atoms with Gasteiger partial charge in [-0.25, -0.2) is 4.79 Å². The number of guanidine groups is 1. The van der Waals surface area contributed by atoms with Crippen molar-refractivity contribution in [2.24, 2.45) is 10.9 Å². The zero-order valence-electron chi connectivity index (χ0n) is 20.0. The van der Waals surface area contributed by atoms with Gasteiger partial charge in [0.05, 0.1) is 6.54 Å². The van der Waals surface area contributed by atoms with E-state index in [1.165, 1.54) is 0 Å². The smallest absolute Gasteiger partial charge is 0.410 e. The number of rotatable bonds is 5. The van der Waals surface area contributed by atoms with Crippen molar-refractivity contribution in [3.63, 3.8) is 0 Å². The van der Waals surface area contributed by atoms with E-state index in [0.717, 1.165) is 31.9 Å². The predicted octanol–water partition coefficient (Wildman–Crippen LogP) is 3.06. The number of nitrogens with zero attached hydrogens (tertiary/aromatic N) is 3. The first kappa shape index (κ1) is 28.7. The van der Waals surface area contributed by atoms with Crippen LogP contribution in [0.4, 0.5) is 4.79 Å². The summed E-state index contributed by atoms with van der Waals surface area (Å²) < 4.78 is 5.51. The Hall–Kier alpha value is -1.26. The van der Waals surface area contributed by atoms with Gasteiger partial charge >= 0.3 is 6.09 Å². The lowest BCUT2D eigenvalue weighted by Crippen LogP contribution is -2.51. The standard InChI is InChI=1S/C21H41N5O3.HI/c1-9-25(19(28)29-21(5,6)7)15-16-10-12-26(13-11-16)18(22-8)23-14-17(27)24-20(2,3)4;/h16H,9-15H2,1-8H3,(H,22,23)(H,24,27);1H. The van der Waals surface area contributed by atoms with Crippen LogP contribution in [-0.4, -0.2) is 78.7 Å². The van der Waals surface area contributed by atoms with Crippen LogP contribution in [0.25, 0.3) is 0 Å². The first-order chi connectivity index (χ1) is 13.3. The van der Waals surface area contributed by atoms with Crippen LogP contribution < -0.4 is 10.6 Å². The second-order valence-electron chi connectivity index (χ2n) is 9.65. The zero-order chi connectivity index (χ0) is 22.2. The Kier molecular flexibility index (Phi) is 12.0. The van der Waals surface area contributed by atoms with Crippen molar-refractivity contribution in [1.82, 2.24) is 20.4 Å². The molecule has 0 bridgehead atoms. The number of likely N-dealkylation sites (tertiary alicyclic amines) is 1. The highest BCUT2D eigenvalue weighted by atomic mass is 127. The molecule has 0 aliphatic carbocycles. The molecule has 0 spiro atoms. The molecule has 30 heavy (non-hydrogen) atoms. The van der Waals surface area contributed by atoms with Crippen LogP contribution >= 0.6 is 24.0 Å².